The number of pyridine rings is 3. The van der Waals surface area contributed by atoms with E-state index < -0.39 is 5.82 Å². The van der Waals surface area contributed by atoms with Crippen LogP contribution in [0.25, 0.3) is 11.0 Å². The number of carbonyl (C=O) groups excluding carboxylic acids is 1. The second-order valence-corrected chi connectivity index (χ2v) is 7.99. The molecule has 0 bridgehead atoms. The van der Waals surface area contributed by atoms with Crippen molar-refractivity contribution >= 4 is 22.6 Å². The van der Waals surface area contributed by atoms with Crippen LogP contribution in [0.2, 0.25) is 0 Å². The average molecular weight is 468 g/mol. The molecular weight excluding hydrogens is 443 g/mol. The van der Waals surface area contributed by atoms with E-state index in [4.69, 9.17) is 14.2 Å². The van der Waals surface area contributed by atoms with Crippen molar-refractivity contribution in [2.45, 2.75) is 6.54 Å². The van der Waals surface area contributed by atoms with Gasteiger partial charge in [-0.2, -0.15) is 0 Å². The quantitative estimate of drug-likeness (QED) is 0.515. The summed E-state index contributed by atoms with van der Waals surface area (Å²) in [6.07, 6.45) is 2.80. The molecule has 0 radical (unpaired) electrons. The van der Waals surface area contributed by atoms with Crippen molar-refractivity contribution in [3.63, 3.8) is 0 Å². The fourth-order valence-electron chi connectivity index (χ4n) is 4.07. The summed E-state index contributed by atoms with van der Waals surface area (Å²) in [7, 11) is 1.49. The molecule has 1 saturated heterocycles. The van der Waals surface area contributed by atoms with Crippen LogP contribution in [0.3, 0.4) is 0 Å². The Kier molecular flexibility index (Phi) is 6.37. The van der Waals surface area contributed by atoms with E-state index in [2.05, 4.69) is 20.3 Å². The minimum atomic E-state index is -0.580. The Morgan fingerprint density at radius 3 is 2.82 bits per heavy atom. The standard InChI is InChI=1S/C23H25FN6O4/c1-32-20-3-2-17-22(28-20)23(16(24)12-27-17)30-7-6-29(14-21(30)31)5-4-25-11-15-10-18-19(13-26-15)34-9-8-33-18/h2-3,10,12-13,25H,4-9,11,14H2,1H3. The van der Waals surface area contributed by atoms with Crippen LogP contribution in [0.15, 0.2) is 30.6 Å². The lowest BCUT2D eigenvalue weighted by atomic mass is 10.2. The van der Waals surface area contributed by atoms with Gasteiger partial charge in [-0.15, -0.1) is 0 Å². The molecule has 0 saturated carbocycles. The zero-order valence-corrected chi connectivity index (χ0v) is 18.8. The Balaban J connectivity index is 1.17. The molecule has 11 heteroatoms. The molecule has 1 fully saturated rings. The Morgan fingerprint density at radius 1 is 1.15 bits per heavy atom. The number of piperazine rings is 1. The summed E-state index contributed by atoms with van der Waals surface area (Å²) < 4.78 is 31.0. The topological polar surface area (TPSA) is 102 Å². The molecule has 2 aliphatic heterocycles. The maximum Gasteiger partial charge on any atom is 0.241 e. The number of ether oxygens (including phenoxy) is 3. The summed E-state index contributed by atoms with van der Waals surface area (Å²) in [5.74, 6) is 0.950. The summed E-state index contributed by atoms with van der Waals surface area (Å²) in [6, 6.07) is 5.23. The number of hydrogen-bond acceptors (Lipinski definition) is 9. The first-order chi connectivity index (χ1) is 16.6. The van der Waals surface area contributed by atoms with Gasteiger partial charge in [0.05, 0.1) is 37.3 Å². The summed E-state index contributed by atoms with van der Waals surface area (Å²) >= 11 is 0. The maximum absolute atomic E-state index is 14.7. The third-order valence-electron chi connectivity index (χ3n) is 5.79. The molecule has 0 unspecified atom stereocenters. The molecule has 0 aliphatic carbocycles. The zero-order chi connectivity index (χ0) is 23.5. The summed E-state index contributed by atoms with van der Waals surface area (Å²) in [4.78, 5) is 29.2. The van der Waals surface area contributed by atoms with Crippen LogP contribution >= 0.6 is 0 Å². The van der Waals surface area contributed by atoms with Crippen LogP contribution in [0.1, 0.15) is 5.69 Å². The summed E-state index contributed by atoms with van der Waals surface area (Å²) in [6.45, 7) is 4.16. The van der Waals surface area contributed by atoms with E-state index >= 15 is 0 Å². The van der Waals surface area contributed by atoms with Gasteiger partial charge in [0, 0.05) is 44.9 Å². The first-order valence-electron chi connectivity index (χ1n) is 11.1. The van der Waals surface area contributed by atoms with Crippen LogP contribution in [0, 0.1) is 5.82 Å². The molecule has 5 heterocycles. The predicted octanol–water partition coefficient (Wildman–Crippen LogP) is 1.38. The number of carbonyl (C=O) groups is 1. The van der Waals surface area contributed by atoms with Crippen LogP contribution in [-0.4, -0.2) is 78.8 Å². The minimum Gasteiger partial charge on any atom is -0.486 e. The Morgan fingerprint density at radius 2 is 2.00 bits per heavy atom. The lowest BCUT2D eigenvalue weighted by molar-refractivity contribution is -0.121. The van der Waals surface area contributed by atoms with Crippen LogP contribution in [-0.2, 0) is 11.3 Å². The number of amides is 1. The normalized spacial score (nSPS) is 16.2. The Hall–Kier alpha value is -3.57. The van der Waals surface area contributed by atoms with Crippen molar-refractivity contribution in [1.82, 2.24) is 25.2 Å². The molecule has 2 aliphatic rings. The molecule has 5 rings (SSSR count). The van der Waals surface area contributed by atoms with Crippen LogP contribution in [0.4, 0.5) is 10.1 Å². The first kappa shape index (κ1) is 22.2. The number of anilines is 1. The highest BCUT2D eigenvalue weighted by Crippen LogP contribution is 2.30. The molecule has 34 heavy (non-hydrogen) atoms. The highest BCUT2D eigenvalue weighted by atomic mass is 19.1. The van der Waals surface area contributed by atoms with E-state index in [0.717, 1.165) is 11.9 Å². The highest BCUT2D eigenvalue weighted by Gasteiger charge is 2.29. The van der Waals surface area contributed by atoms with Crippen molar-refractivity contribution in [1.29, 1.82) is 0 Å². The molecule has 0 spiro atoms. The smallest absolute Gasteiger partial charge is 0.241 e. The molecule has 1 N–H and O–H groups in total. The second kappa shape index (κ2) is 9.74. The highest BCUT2D eigenvalue weighted by molar-refractivity contribution is 6.02. The number of methoxy groups -OCH3 is 1. The van der Waals surface area contributed by atoms with E-state index in [1.54, 1.807) is 18.3 Å². The van der Waals surface area contributed by atoms with E-state index in [0.29, 0.717) is 74.3 Å². The fourth-order valence-corrected chi connectivity index (χ4v) is 4.07. The maximum atomic E-state index is 14.7. The molecule has 0 atom stereocenters. The zero-order valence-electron chi connectivity index (χ0n) is 18.8. The largest absolute Gasteiger partial charge is 0.486 e. The van der Waals surface area contributed by atoms with E-state index in [1.165, 1.54) is 12.0 Å². The molecule has 3 aromatic heterocycles. The molecule has 0 aromatic carbocycles. The number of rotatable bonds is 7. The van der Waals surface area contributed by atoms with Gasteiger partial charge in [0.2, 0.25) is 11.8 Å². The van der Waals surface area contributed by atoms with Crippen LogP contribution in [0.5, 0.6) is 17.4 Å². The number of nitrogens with one attached hydrogen (secondary N) is 1. The summed E-state index contributed by atoms with van der Waals surface area (Å²) in [5, 5.41) is 3.34. The van der Waals surface area contributed by atoms with Gasteiger partial charge in [-0.3, -0.25) is 19.7 Å². The molecule has 1 amide bonds. The molecular formula is C23H25FN6O4. The monoisotopic (exact) mass is 468 g/mol. The fraction of sp³-hybridized carbons (Fsp3) is 0.391. The van der Waals surface area contributed by atoms with Gasteiger partial charge in [-0.25, -0.2) is 9.37 Å². The van der Waals surface area contributed by atoms with Gasteiger partial charge in [0.1, 0.15) is 24.4 Å². The number of halogens is 1. The Labute approximate surface area is 195 Å². The second-order valence-electron chi connectivity index (χ2n) is 7.99. The number of nitrogens with zero attached hydrogens (tertiary/aromatic N) is 5. The van der Waals surface area contributed by atoms with Crippen molar-refractivity contribution in [2.24, 2.45) is 0 Å². The number of aromatic nitrogens is 3. The first-order valence-corrected chi connectivity index (χ1v) is 11.1. The van der Waals surface area contributed by atoms with Gasteiger partial charge < -0.3 is 24.4 Å². The average Bonchev–Trinajstić information content (AvgIpc) is 2.87. The van der Waals surface area contributed by atoms with E-state index in [9.17, 15) is 9.18 Å². The predicted molar refractivity (Wildman–Crippen MR) is 122 cm³/mol. The SMILES string of the molecule is COc1ccc2ncc(F)c(N3CCN(CCNCc4cc5c(cn4)OCCO5)CC3=O)c2n1. The van der Waals surface area contributed by atoms with Crippen molar-refractivity contribution in [2.75, 3.05) is 57.9 Å². The van der Waals surface area contributed by atoms with Gasteiger partial charge >= 0.3 is 0 Å². The molecule has 10 nitrogen and oxygen atoms in total. The number of fused-ring (bicyclic) bond motifs is 2. The third kappa shape index (κ3) is 4.57. The lowest BCUT2D eigenvalue weighted by Gasteiger charge is -2.34. The van der Waals surface area contributed by atoms with Crippen molar-refractivity contribution in [3.05, 3.63) is 42.1 Å². The number of hydrogen-bond donors (Lipinski definition) is 1. The van der Waals surface area contributed by atoms with E-state index in [1.807, 2.05) is 11.0 Å². The van der Waals surface area contributed by atoms with Crippen LogP contribution < -0.4 is 24.4 Å². The lowest BCUT2D eigenvalue weighted by Crippen LogP contribution is -2.52. The van der Waals surface area contributed by atoms with Gasteiger partial charge in [-0.1, -0.05) is 0 Å². The van der Waals surface area contributed by atoms with Gasteiger partial charge in [0.15, 0.2) is 17.3 Å². The van der Waals surface area contributed by atoms with Gasteiger partial charge in [0.25, 0.3) is 0 Å². The van der Waals surface area contributed by atoms with E-state index in [-0.39, 0.29) is 18.1 Å². The van der Waals surface area contributed by atoms with Crippen molar-refractivity contribution in [3.8, 4) is 17.4 Å². The molecule has 3 aromatic rings. The van der Waals surface area contributed by atoms with Crippen molar-refractivity contribution < 1.29 is 23.4 Å². The Bertz CT molecular complexity index is 1210. The summed E-state index contributed by atoms with van der Waals surface area (Å²) in [5.41, 5.74) is 1.82. The molecule has 178 valence electrons. The minimum absolute atomic E-state index is 0.149. The third-order valence-corrected chi connectivity index (χ3v) is 5.79. The van der Waals surface area contributed by atoms with Gasteiger partial charge in [-0.05, 0) is 6.07 Å².